The SMILES string of the molecule is O=[N+]([O-])c1cc(F)c(F)c(OCC2CO2)c1. The van der Waals surface area contributed by atoms with E-state index in [1.165, 1.54) is 0 Å². The van der Waals surface area contributed by atoms with E-state index in [1.54, 1.807) is 0 Å². The lowest BCUT2D eigenvalue weighted by Crippen LogP contribution is -2.06. The number of nitro groups is 1. The van der Waals surface area contributed by atoms with E-state index >= 15 is 0 Å². The molecule has 1 unspecified atom stereocenters. The Hall–Kier alpha value is -1.76. The highest BCUT2D eigenvalue weighted by atomic mass is 19.2. The van der Waals surface area contributed by atoms with Crippen molar-refractivity contribution in [1.82, 2.24) is 0 Å². The smallest absolute Gasteiger partial charge is 0.276 e. The molecule has 0 amide bonds. The Labute approximate surface area is 88.7 Å². The maximum absolute atomic E-state index is 13.2. The van der Waals surface area contributed by atoms with Crippen molar-refractivity contribution in [3.05, 3.63) is 33.9 Å². The van der Waals surface area contributed by atoms with Gasteiger partial charge in [0.25, 0.3) is 5.69 Å². The van der Waals surface area contributed by atoms with E-state index in [2.05, 4.69) is 0 Å². The predicted molar refractivity (Wildman–Crippen MR) is 48.2 cm³/mol. The number of epoxide rings is 1. The molecule has 0 bridgehead atoms. The highest BCUT2D eigenvalue weighted by Gasteiger charge is 2.25. The zero-order valence-electron chi connectivity index (χ0n) is 7.98. The molecule has 0 spiro atoms. The quantitative estimate of drug-likeness (QED) is 0.449. The third kappa shape index (κ3) is 2.25. The predicted octanol–water partition coefficient (Wildman–Crippen LogP) is 1.65. The number of nitrogens with zero attached hydrogens (tertiary/aromatic N) is 1. The molecule has 1 atom stereocenters. The Kier molecular flexibility index (Phi) is 2.69. The summed E-state index contributed by atoms with van der Waals surface area (Å²) in [5.41, 5.74) is -0.550. The molecular formula is C9H7F2NO4. The molecule has 1 aromatic rings. The second kappa shape index (κ2) is 4.01. The van der Waals surface area contributed by atoms with Crippen molar-refractivity contribution < 1.29 is 23.2 Å². The maximum atomic E-state index is 13.2. The first-order valence-corrected chi connectivity index (χ1v) is 4.46. The molecule has 0 radical (unpaired) electrons. The largest absolute Gasteiger partial charge is 0.487 e. The molecular weight excluding hydrogens is 224 g/mol. The third-order valence-corrected chi connectivity index (χ3v) is 2.02. The van der Waals surface area contributed by atoms with E-state index in [4.69, 9.17) is 9.47 Å². The fourth-order valence-corrected chi connectivity index (χ4v) is 1.11. The van der Waals surface area contributed by atoms with Crippen LogP contribution in [0, 0.1) is 21.7 Å². The molecule has 1 aromatic carbocycles. The average molecular weight is 231 g/mol. The molecule has 1 saturated heterocycles. The number of rotatable bonds is 4. The number of non-ortho nitro benzene ring substituents is 1. The van der Waals surface area contributed by atoms with Crippen molar-refractivity contribution in [3.63, 3.8) is 0 Å². The number of ether oxygens (including phenoxy) is 2. The zero-order valence-corrected chi connectivity index (χ0v) is 7.98. The molecule has 0 saturated carbocycles. The molecule has 1 aliphatic rings. The van der Waals surface area contributed by atoms with Gasteiger partial charge in [-0.3, -0.25) is 10.1 Å². The average Bonchev–Trinajstić information content (AvgIpc) is 3.03. The van der Waals surface area contributed by atoms with Crippen LogP contribution in [0.1, 0.15) is 0 Å². The van der Waals surface area contributed by atoms with Crippen LogP contribution in [-0.4, -0.2) is 24.2 Å². The van der Waals surface area contributed by atoms with Gasteiger partial charge in [0.15, 0.2) is 11.6 Å². The minimum Gasteiger partial charge on any atom is -0.487 e. The first-order valence-electron chi connectivity index (χ1n) is 4.46. The van der Waals surface area contributed by atoms with Gasteiger partial charge in [0, 0.05) is 0 Å². The summed E-state index contributed by atoms with van der Waals surface area (Å²) in [6.45, 7) is 0.552. The first-order chi connectivity index (χ1) is 7.58. The summed E-state index contributed by atoms with van der Waals surface area (Å²) in [7, 11) is 0. The highest BCUT2D eigenvalue weighted by Crippen LogP contribution is 2.27. The Morgan fingerprint density at radius 2 is 2.25 bits per heavy atom. The first kappa shape index (κ1) is 10.7. The van der Waals surface area contributed by atoms with Crippen molar-refractivity contribution in [2.75, 3.05) is 13.2 Å². The van der Waals surface area contributed by atoms with Crippen LogP contribution in [0.15, 0.2) is 12.1 Å². The fraction of sp³-hybridized carbons (Fsp3) is 0.333. The van der Waals surface area contributed by atoms with E-state index < -0.39 is 28.0 Å². The van der Waals surface area contributed by atoms with Crippen LogP contribution >= 0.6 is 0 Å². The van der Waals surface area contributed by atoms with Gasteiger partial charge in [-0.25, -0.2) is 4.39 Å². The van der Waals surface area contributed by atoms with E-state index in [0.29, 0.717) is 12.7 Å². The summed E-state index contributed by atoms with van der Waals surface area (Å²) < 4.78 is 35.8. The number of halogens is 2. The fourth-order valence-electron chi connectivity index (χ4n) is 1.11. The van der Waals surface area contributed by atoms with Crippen LogP contribution in [0.5, 0.6) is 5.75 Å². The second-order valence-corrected chi connectivity index (χ2v) is 3.26. The van der Waals surface area contributed by atoms with Crippen molar-refractivity contribution in [3.8, 4) is 5.75 Å². The molecule has 1 aliphatic heterocycles. The molecule has 86 valence electrons. The lowest BCUT2D eigenvalue weighted by molar-refractivity contribution is -0.385. The van der Waals surface area contributed by atoms with Crippen LogP contribution in [0.2, 0.25) is 0 Å². The molecule has 0 aliphatic carbocycles. The Morgan fingerprint density at radius 1 is 1.56 bits per heavy atom. The number of hydrogen-bond acceptors (Lipinski definition) is 4. The van der Waals surface area contributed by atoms with Crippen molar-refractivity contribution >= 4 is 5.69 Å². The maximum Gasteiger partial charge on any atom is 0.276 e. The lowest BCUT2D eigenvalue weighted by atomic mass is 10.3. The van der Waals surface area contributed by atoms with E-state index in [9.17, 15) is 18.9 Å². The zero-order chi connectivity index (χ0) is 11.7. The lowest BCUT2D eigenvalue weighted by Gasteiger charge is -2.05. The van der Waals surface area contributed by atoms with Crippen LogP contribution in [0.25, 0.3) is 0 Å². The number of hydrogen-bond donors (Lipinski definition) is 0. The minimum atomic E-state index is -1.30. The van der Waals surface area contributed by atoms with Gasteiger partial charge in [0.1, 0.15) is 12.7 Å². The summed E-state index contributed by atoms with van der Waals surface area (Å²) in [5.74, 6) is -3.01. The van der Waals surface area contributed by atoms with Crippen molar-refractivity contribution in [2.45, 2.75) is 6.10 Å². The van der Waals surface area contributed by atoms with Gasteiger partial charge in [-0.2, -0.15) is 4.39 Å². The molecule has 1 fully saturated rings. The van der Waals surface area contributed by atoms with Gasteiger partial charge in [0.05, 0.1) is 23.7 Å². The van der Waals surface area contributed by atoms with Gasteiger partial charge in [-0.1, -0.05) is 0 Å². The van der Waals surface area contributed by atoms with Gasteiger partial charge in [-0.05, 0) is 0 Å². The summed E-state index contributed by atoms with van der Waals surface area (Å²) in [6.07, 6.45) is -0.137. The van der Waals surface area contributed by atoms with Crippen LogP contribution < -0.4 is 4.74 Å². The Balaban J connectivity index is 2.22. The van der Waals surface area contributed by atoms with E-state index in [-0.39, 0.29) is 12.7 Å². The van der Waals surface area contributed by atoms with Gasteiger partial charge < -0.3 is 9.47 Å². The standard InChI is InChI=1S/C9H7F2NO4/c10-7-1-5(12(13)14)2-8(9(7)11)16-4-6-3-15-6/h1-2,6H,3-4H2. The van der Waals surface area contributed by atoms with Crippen LogP contribution in [-0.2, 0) is 4.74 Å². The molecule has 2 rings (SSSR count). The number of benzene rings is 1. The van der Waals surface area contributed by atoms with Crippen LogP contribution in [0.3, 0.4) is 0 Å². The third-order valence-electron chi connectivity index (χ3n) is 2.02. The van der Waals surface area contributed by atoms with Gasteiger partial charge >= 0.3 is 0 Å². The van der Waals surface area contributed by atoms with Crippen molar-refractivity contribution in [1.29, 1.82) is 0 Å². The molecule has 0 aromatic heterocycles. The Bertz CT molecular complexity index is 434. The highest BCUT2D eigenvalue weighted by molar-refractivity contribution is 5.40. The van der Waals surface area contributed by atoms with E-state index in [1.807, 2.05) is 0 Å². The topological polar surface area (TPSA) is 64.9 Å². The summed E-state index contributed by atoms with van der Waals surface area (Å²) in [4.78, 5) is 9.59. The van der Waals surface area contributed by atoms with Gasteiger partial charge in [0.2, 0.25) is 5.82 Å². The molecule has 7 heteroatoms. The second-order valence-electron chi connectivity index (χ2n) is 3.26. The monoisotopic (exact) mass is 231 g/mol. The summed E-state index contributed by atoms with van der Waals surface area (Å²) >= 11 is 0. The van der Waals surface area contributed by atoms with Crippen molar-refractivity contribution in [2.24, 2.45) is 0 Å². The molecule has 5 nitrogen and oxygen atoms in total. The van der Waals surface area contributed by atoms with Crippen LogP contribution in [0.4, 0.5) is 14.5 Å². The summed E-state index contributed by atoms with van der Waals surface area (Å²) in [6, 6.07) is 1.36. The minimum absolute atomic E-state index is 0.0531. The van der Waals surface area contributed by atoms with E-state index in [0.717, 1.165) is 6.07 Å². The number of nitro benzene ring substituents is 1. The molecule has 0 N–H and O–H groups in total. The Morgan fingerprint density at radius 3 is 2.81 bits per heavy atom. The molecule has 1 heterocycles. The summed E-state index contributed by atoms with van der Waals surface area (Å²) in [5, 5.41) is 10.4. The molecule has 16 heavy (non-hydrogen) atoms. The normalized spacial score (nSPS) is 18.2. The van der Waals surface area contributed by atoms with Gasteiger partial charge in [-0.15, -0.1) is 0 Å².